The Morgan fingerprint density at radius 3 is 2.43 bits per heavy atom. The largest absolute Gasteiger partial charge is 0.357 e. The average Bonchev–Trinajstić information content (AvgIpc) is 2.96. The summed E-state index contributed by atoms with van der Waals surface area (Å²) in [5.74, 6) is 1.60. The lowest BCUT2D eigenvalue weighted by atomic mass is 10.0. The summed E-state index contributed by atoms with van der Waals surface area (Å²) < 4.78 is 0. The van der Waals surface area contributed by atoms with Crippen LogP contribution in [-0.4, -0.2) is 49.0 Å². The van der Waals surface area contributed by atoms with E-state index in [2.05, 4.69) is 36.4 Å². The number of guanidine groups is 1. The highest BCUT2D eigenvalue weighted by Gasteiger charge is 2.17. The van der Waals surface area contributed by atoms with Gasteiger partial charge in [0.25, 0.3) is 0 Å². The molecule has 1 aliphatic rings. The van der Waals surface area contributed by atoms with Crippen LogP contribution in [0.25, 0.3) is 0 Å². The molecule has 0 saturated carbocycles. The Hall–Kier alpha value is -1.26. The summed E-state index contributed by atoms with van der Waals surface area (Å²) in [4.78, 5) is 18.4. The number of aliphatic imine (C=N–C) groups is 1. The Kier molecular flexibility index (Phi) is 8.16. The first-order chi connectivity index (χ1) is 10.0. The molecule has 0 aromatic carbocycles. The topological polar surface area (TPSA) is 56.7 Å². The second kappa shape index (κ2) is 9.64. The molecular formula is C16H32N4O. The van der Waals surface area contributed by atoms with Gasteiger partial charge in [-0.2, -0.15) is 0 Å². The first-order valence-corrected chi connectivity index (χ1v) is 8.35. The van der Waals surface area contributed by atoms with Gasteiger partial charge >= 0.3 is 0 Å². The van der Waals surface area contributed by atoms with Crippen molar-refractivity contribution in [1.29, 1.82) is 0 Å². The van der Waals surface area contributed by atoms with Crippen LogP contribution in [0.3, 0.4) is 0 Å². The van der Waals surface area contributed by atoms with Gasteiger partial charge in [-0.3, -0.25) is 4.79 Å². The zero-order valence-corrected chi connectivity index (χ0v) is 14.1. The van der Waals surface area contributed by atoms with E-state index < -0.39 is 0 Å². The maximum atomic E-state index is 12.0. The molecule has 0 aliphatic carbocycles. The Morgan fingerprint density at radius 1 is 1.19 bits per heavy atom. The predicted octanol–water partition coefficient (Wildman–Crippen LogP) is 1.99. The number of nitrogens with zero attached hydrogens (tertiary/aromatic N) is 2. The lowest BCUT2D eigenvalue weighted by Gasteiger charge is -2.19. The van der Waals surface area contributed by atoms with Crippen LogP contribution in [-0.2, 0) is 4.79 Å². The molecule has 0 aromatic heterocycles. The normalized spacial score (nSPS) is 17.2. The van der Waals surface area contributed by atoms with Crippen molar-refractivity contribution in [3.8, 4) is 0 Å². The van der Waals surface area contributed by atoms with E-state index in [1.54, 1.807) is 0 Å². The van der Waals surface area contributed by atoms with Crippen LogP contribution in [0, 0.1) is 5.92 Å². The Balaban J connectivity index is 2.42. The molecule has 1 rings (SSSR count). The van der Waals surface area contributed by atoms with Crippen molar-refractivity contribution in [2.24, 2.45) is 10.9 Å². The van der Waals surface area contributed by atoms with Gasteiger partial charge < -0.3 is 15.5 Å². The number of nitrogens with one attached hydrogen (secondary N) is 2. The van der Waals surface area contributed by atoms with Crippen molar-refractivity contribution >= 4 is 11.9 Å². The van der Waals surface area contributed by atoms with Gasteiger partial charge in [0.05, 0.1) is 0 Å². The van der Waals surface area contributed by atoms with E-state index in [1.165, 1.54) is 6.42 Å². The van der Waals surface area contributed by atoms with Crippen LogP contribution in [0.1, 0.15) is 53.4 Å². The Bertz CT molecular complexity index is 335. The molecule has 1 fully saturated rings. The third-order valence-electron chi connectivity index (χ3n) is 3.74. The predicted molar refractivity (Wildman–Crippen MR) is 88.5 cm³/mol. The minimum atomic E-state index is 0.138. The summed E-state index contributed by atoms with van der Waals surface area (Å²) in [6.45, 7) is 11.5. The van der Waals surface area contributed by atoms with Gasteiger partial charge in [0.2, 0.25) is 5.91 Å². The highest BCUT2D eigenvalue weighted by molar-refractivity contribution is 5.85. The number of likely N-dealkylation sites (tertiary alicyclic amines) is 1. The molecule has 0 aromatic rings. The molecular weight excluding hydrogens is 264 g/mol. The molecule has 1 heterocycles. The van der Waals surface area contributed by atoms with Crippen LogP contribution in [0.5, 0.6) is 0 Å². The number of hydrogen-bond acceptors (Lipinski definition) is 2. The van der Waals surface area contributed by atoms with E-state index in [4.69, 9.17) is 0 Å². The highest BCUT2D eigenvalue weighted by atomic mass is 16.2. The third kappa shape index (κ3) is 7.34. The summed E-state index contributed by atoms with van der Waals surface area (Å²) in [6.07, 6.45) is 4.56. The molecule has 21 heavy (non-hydrogen) atoms. The van der Waals surface area contributed by atoms with Crippen molar-refractivity contribution in [1.82, 2.24) is 15.5 Å². The summed E-state index contributed by atoms with van der Waals surface area (Å²) in [5.41, 5.74) is 0. The molecule has 122 valence electrons. The molecule has 1 unspecified atom stereocenters. The maximum Gasteiger partial charge on any atom is 0.244 e. The van der Waals surface area contributed by atoms with E-state index in [9.17, 15) is 4.79 Å². The quantitative estimate of drug-likeness (QED) is 0.558. The molecule has 0 radical (unpaired) electrons. The maximum absolute atomic E-state index is 12.0. The van der Waals surface area contributed by atoms with E-state index in [0.717, 1.165) is 44.9 Å². The summed E-state index contributed by atoms with van der Waals surface area (Å²) >= 11 is 0. The molecule has 5 nitrogen and oxygen atoms in total. The number of rotatable bonds is 7. The van der Waals surface area contributed by atoms with Crippen molar-refractivity contribution < 1.29 is 4.79 Å². The van der Waals surface area contributed by atoms with Crippen molar-refractivity contribution in [2.45, 2.75) is 59.4 Å². The van der Waals surface area contributed by atoms with Gasteiger partial charge in [0.1, 0.15) is 6.54 Å². The van der Waals surface area contributed by atoms with Gasteiger partial charge in [-0.15, -0.1) is 0 Å². The summed E-state index contributed by atoms with van der Waals surface area (Å²) in [7, 11) is 0. The van der Waals surface area contributed by atoms with Crippen LogP contribution in [0.4, 0.5) is 0 Å². The number of amides is 1. The lowest BCUT2D eigenvalue weighted by molar-refractivity contribution is -0.128. The molecule has 1 aliphatic heterocycles. The van der Waals surface area contributed by atoms with E-state index in [0.29, 0.717) is 12.0 Å². The fraction of sp³-hybridized carbons (Fsp3) is 0.875. The Morgan fingerprint density at radius 2 is 1.86 bits per heavy atom. The first-order valence-electron chi connectivity index (χ1n) is 8.35. The van der Waals surface area contributed by atoms with Crippen LogP contribution in [0.15, 0.2) is 4.99 Å². The summed E-state index contributed by atoms with van der Waals surface area (Å²) in [5, 5.41) is 6.60. The smallest absolute Gasteiger partial charge is 0.244 e. The lowest BCUT2D eigenvalue weighted by Crippen LogP contribution is -2.43. The summed E-state index contributed by atoms with van der Waals surface area (Å²) in [6, 6.07) is 0.368. The minimum Gasteiger partial charge on any atom is -0.357 e. The van der Waals surface area contributed by atoms with Crippen LogP contribution >= 0.6 is 0 Å². The third-order valence-corrected chi connectivity index (χ3v) is 3.74. The van der Waals surface area contributed by atoms with Crippen molar-refractivity contribution in [3.63, 3.8) is 0 Å². The molecule has 0 bridgehead atoms. The van der Waals surface area contributed by atoms with Crippen molar-refractivity contribution in [2.75, 3.05) is 26.2 Å². The average molecular weight is 296 g/mol. The number of carbonyl (C=O) groups excluding carboxylic acids is 1. The van der Waals surface area contributed by atoms with E-state index in [-0.39, 0.29) is 12.5 Å². The number of carbonyl (C=O) groups is 1. The second-order valence-electron chi connectivity index (χ2n) is 6.30. The minimum absolute atomic E-state index is 0.138. The molecule has 0 spiro atoms. The molecule has 1 atom stereocenters. The fourth-order valence-electron chi connectivity index (χ4n) is 2.42. The first kappa shape index (κ1) is 17.8. The molecule has 2 N–H and O–H groups in total. The van der Waals surface area contributed by atoms with Gasteiger partial charge in [0, 0.05) is 25.7 Å². The van der Waals surface area contributed by atoms with E-state index in [1.807, 2.05) is 11.8 Å². The van der Waals surface area contributed by atoms with E-state index >= 15 is 0 Å². The SMILES string of the molecule is CCNC(=NCC(=O)N1CCCC1)NC(C)CCC(C)C. The van der Waals surface area contributed by atoms with Gasteiger partial charge in [0.15, 0.2) is 5.96 Å². The molecule has 5 heteroatoms. The van der Waals surface area contributed by atoms with Crippen LogP contribution in [0.2, 0.25) is 0 Å². The number of hydrogen-bond donors (Lipinski definition) is 2. The highest BCUT2D eigenvalue weighted by Crippen LogP contribution is 2.08. The zero-order valence-electron chi connectivity index (χ0n) is 14.1. The van der Waals surface area contributed by atoms with Gasteiger partial charge in [-0.25, -0.2) is 4.99 Å². The van der Waals surface area contributed by atoms with Crippen LogP contribution < -0.4 is 10.6 Å². The van der Waals surface area contributed by atoms with Gasteiger partial charge in [-0.1, -0.05) is 13.8 Å². The fourth-order valence-corrected chi connectivity index (χ4v) is 2.42. The van der Waals surface area contributed by atoms with Gasteiger partial charge in [-0.05, 0) is 45.4 Å². The Labute approximate surface area is 129 Å². The standard InChI is InChI=1S/C16H32N4O/c1-5-17-16(19-14(4)9-8-13(2)3)18-12-15(21)20-10-6-7-11-20/h13-14H,5-12H2,1-4H3,(H2,17,18,19). The van der Waals surface area contributed by atoms with Crippen molar-refractivity contribution in [3.05, 3.63) is 0 Å². The molecule has 1 saturated heterocycles. The zero-order chi connectivity index (χ0) is 15.7. The second-order valence-corrected chi connectivity index (χ2v) is 6.30. The monoisotopic (exact) mass is 296 g/mol. The molecule has 1 amide bonds.